The molecule has 0 unspecified atom stereocenters. The molecule has 3 rings (SSSR count). The van der Waals surface area contributed by atoms with E-state index >= 15 is 0 Å². The first kappa shape index (κ1) is 15.8. The number of nitrogens with zero attached hydrogens (tertiary/aromatic N) is 4. The molecule has 0 bridgehead atoms. The summed E-state index contributed by atoms with van der Waals surface area (Å²) in [5.41, 5.74) is 2.06. The third-order valence-corrected chi connectivity index (χ3v) is 3.51. The Bertz CT molecular complexity index is 918. The van der Waals surface area contributed by atoms with E-state index in [1.807, 2.05) is 26.0 Å². The van der Waals surface area contributed by atoms with Gasteiger partial charge >= 0.3 is 5.97 Å². The van der Waals surface area contributed by atoms with Crippen molar-refractivity contribution in [2.24, 2.45) is 0 Å². The van der Waals surface area contributed by atoms with Gasteiger partial charge in [0.15, 0.2) is 6.10 Å². The van der Waals surface area contributed by atoms with Crippen molar-refractivity contribution in [2.75, 3.05) is 0 Å². The number of ketones is 1. The molecule has 1 aromatic carbocycles. The van der Waals surface area contributed by atoms with Gasteiger partial charge in [-0.3, -0.25) is 4.79 Å². The summed E-state index contributed by atoms with van der Waals surface area (Å²) in [6, 6.07) is 10.5. The van der Waals surface area contributed by atoms with Crippen LogP contribution in [0.25, 0.3) is 5.78 Å². The highest BCUT2D eigenvalue weighted by Crippen LogP contribution is 2.10. The molecule has 7 heteroatoms. The quantitative estimate of drug-likeness (QED) is 0.540. The Morgan fingerprint density at radius 1 is 1.12 bits per heavy atom. The molecule has 7 nitrogen and oxygen atoms in total. The van der Waals surface area contributed by atoms with Gasteiger partial charge in [0.05, 0.1) is 0 Å². The lowest BCUT2D eigenvalue weighted by molar-refractivity contribution is 0.0307. The van der Waals surface area contributed by atoms with Crippen molar-refractivity contribution in [2.45, 2.75) is 26.9 Å². The maximum atomic E-state index is 12.2. The fourth-order valence-electron chi connectivity index (χ4n) is 2.36. The molecule has 0 radical (unpaired) electrons. The van der Waals surface area contributed by atoms with Crippen molar-refractivity contribution < 1.29 is 14.3 Å². The molecule has 0 spiro atoms. The number of aromatic nitrogens is 4. The van der Waals surface area contributed by atoms with Gasteiger partial charge in [-0.1, -0.05) is 30.3 Å². The van der Waals surface area contributed by atoms with Crippen molar-refractivity contribution in [3.8, 4) is 0 Å². The Kier molecular flexibility index (Phi) is 4.07. The van der Waals surface area contributed by atoms with Gasteiger partial charge in [-0.15, -0.1) is 5.10 Å². The van der Waals surface area contributed by atoms with Gasteiger partial charge in [0.25, 0.3) is 11.6 Å². The third-order valence-electron chi connectivity index (χ3n) is 3.51. The molecule has 122 valence electrons. The number of aryl methyl sites for hydroxylation is 2. The third kappa shape index (κ3) is 3.01. The van der Waals surface area contributed by atoms with Gasteiger partial charge < -0.3 is 4.74 Å². The van der Waals surface area contributed by atoms with Crippen LogP contribution in [0.5, 0.6) is 0 Å². The zero-order valence-electron chi connectivity index (χ0n) is 13.6. The van der Waals surface area contributed by atoms with Crippen LogP contribution in [0.1, 0.15) is 39.3 Å². The molecule has 0 fully saturated rings. The minimum atomic E-state index is -0.928. The normalized spacial score (nSPS) is 12.1. The highest BCUT2D eigenvalue weighted by molar-refractivity contribution is 6.00. The molecular formula is C17H16N4O3. The zero-order valence-corrected chi connectivity index (χ0v) is 13.6. The Hall–Kier alpha value is -3.09. The predicted molar refractivity (Wildman–Crippen MR) is 85.9 cm³/mol. The average molecular weight is 324 g/mol. The molecule has 0 saturated heterocycles. The summed E-state index contributed by atoms with van der Waals surface area (Å²) in [4.78, 5) is 32.8. The first-order valence-electron chi connectivity index (χ1n) is 7.47. The molecule has 2 aromatic heterocycles. The Morgan fingerprint density at radius 2 is 1.83 bits per heavy atom. The molecule has 3 aromatic rings. The van der Waals surface area contributed by atoms with Gasteiger partial charge in [-0.2, -0.15) is 4.98 Å². The van der Waals surface area contributed by atoms with Crippen LogP contribution >= 0.6 is 0 Å². The largest absolute Gasteiger partial charge is 0.448 e. The molecule has 2 heterocycles. The van der Waals surface area contributed by atoms with Gasteiger partial charge in [0, 0.05) is 17.0 Å². The summed E-state index contributed by atoms with van der Waals surface area (Å²) in [6.07, 6.45) is -0.928. The second-order valence-corrected chi connectivity index (χ2v) is 5.46. The smallest absolute Gasteiger partial charge is 0.379 e. The predicted octanol–water partition coefficient (Wildman–Crippen LogP) is 2.17. The van der Waals surface area contributed by atoms with Crippen LogP contribution in [0.15, 0.2) is 36.4 Å². The fraction of sp³-hybridized carbons (Fsp3) is 0.235. The maximum Gasteiger partial charge on any atom is 0.379 e. The minimum absolute atomic E-state index is 0.121. The topological polar surface area (TPSA) is 86.5 Å². The van der Waals surface area contributed by atoms with Gasteiger partial charge in [0.1, 0.15) is 0 Å². The number of rotatable bonds is 4. The van der Waals surface area contributed by atoms with Crippen LogP contribution in [0, 0.1) is 13.8 Å². The lowest BCUT2D eigenvalue weighted by Crippen LogP contribution is -2.25. The Morgan fingerprint density at radius 3 is 2.54 bits per heavy atom. The minimum Gasteiger partial charge on any atom is -0.448 e. The van der Waals surface area contributed by atoms with Crippen LogP contribution in [0.2, 0.25) is 0 Å². The second kappa shape index (κ2) is 6.19. The number of esters is 1. The first-order chi connectivity index (χ1) is 11.5. The number of ether oxygens (including phenoxy) is 1. The van der Waals surface area contributed by atoms with Gasteiger partial charge in [-0.05, 0) is 26.8 Å². The van der Waals surface area contributed by atoms with E-state index in [4.69, 9.17) is 4.74 Å². The number of benzene rings is 1. The van der Waals surface area contributed by atoms with E-state index < -0.39 is 12.1 Å². The summed E-state index contributed by atoms with van der Waals surface area (Å²) in [5, 5.41) is 4.10. The summed E-state index contributed by atoms with van der Waals surface area (Å²) in [6.45, 7) is 5.20. The van der Waals surface area contributed by atoms with Crippen molar-refractivity contribution in [3.63, 3.8) is 0 Å². The Balaban J connectivity index is 1.80. The molecule has 0 aliphatic rings. The molecule has 1 atom stereocenters. The summed E-state index contributed by atoms with van der Waals surface area (Å²) >= 11 is 0. The van der Waals surface area contributed by atoms with Crippen LogP contribution in [-0.4, -0.2) is 37.4 Å². The summed E-state index contributed by atoms with van der Waals surface area (Å²) < 4.78 is 6.66. The van der Waals surface area contributed by atoms with E-state index in [0.717, 1.165) is 11.4 Å². The summed E-state index contributed by atoms with van der Waals surface area (Å²) in [5.74, 6) is -0.836. The number of Topliss-reactive ketones (excluding diaryl/α,β-unsaturated/α-hetero) is 1. The summed E-state index contributed by atoms with van der Waals surface area (Å²) in [7, 11) is 0. The lowest BCUT2D eigenvalue weighted by atomic mass is 10.1. The molecule has 0 amide bonds. The number of carbonyl (C=O) groups excluding carboxylic acids is 2. The first-order valence-corrected chi connectivity index (χ1v) is 7.47. The maximum absolute atomic E-state index is 12.2. The molecule has 0 aliphatic heterocycles. The standard InChI is InChI=1S/C17H16N4O3/c1-10-9-11(2)21-17(18-10)19-15(20-21)16(23)24-12(3)14(22)13-7-5-4-6-8-13/h4-9,12H,1-3H3/t12-/m1/s1. The van der Waals surface area contributed by atoms with E-state index in [1.54, 1.807) is 24.3 Å². The van der Waals surface area contributed by atoms with Gasteiger partial charge in [-0.25, -0.2) is 14.3 Å². The molecule has 24 heavy (non-hydrogen) atoms. The monoisotopic (exact) mass is 324 g/mol. The molecule has 0 N–H and O–H groups in total. The van der Waals surface area contributed by atoms with Crippen molar-refractivity contribution in [1.29, 1.82) is 0 Å². The van der Waals surface area contributed by atoms with Crippen molar-refractivity contribution >= 4 is 17.5 Å². The molecule has 0 saturated carbocycles. The van der Waals surface area contributed by atoms with Crippen LogP contribution in [0.4, 0.5) is 0 Å². The molecular weight excluding hydrogens is 308 g/mol. The van der Waals surface area contributed by atoms with E-state index in [0.29, 0.717) is 11.3 Å². The van der Waals surface area contributed by atoms with Crippen molar-refractivity contribution in [3.05, 3.63) is 59.2 Å². The van der Waals surface area contributed by atoms with Crippen molar-refractivity contribution in [1.82, 2.24) is 19.6 Å². The molecule has 0 aliphatic carbocycles. The zero-order chi connectivity index (χ0) is 17.3. The lowest BCUT2D eigenvalue weighted by Gasteiger charge is -2.10. The van der Waals surface area contributed by atoms with E-state index in [-0.39, 0.29) is 11.6 Å². The number of fused-ring (bicyclic) bond motifs is 1. The Labute approximate surface area is 138 Å². The van der Waals surface area contributed by atoms with E-state index in [9.17, 15) is 9.59 Å². The second-order valence-electron chi connectivity index (χ2n) is 5.46. The van der Waals surface area contributed by atoms with Crippen LogP contribution < -0.4 is 0 Å². The highest BCUT2D eigenvalue weighted by Gasteiger charge is 2.23. The van der Waals surface area contributed by atoms with E-state index in [1.165, 1.54) is 11.4 Å². The number of hydrogen-bond donors (Lipinski definition) is 0. The van der Waals surface area contributed by atoms with Crippen LogP contribution in [-0.2, 0) is 4.74 Å². The number of carbonyl (C=O) groups is 2. The van der Waals surface area contributed by atoms with E-state index in [2.05, 4.69) is 15.1 Å². The number of hydrogen-bond acceptors (Lipinski definition) is 6. The fourth-order valence-corrected chi connectivity index (χ4v) is 2.36. The SMILES string of the molecule is Cc1cc(C)n2nc(C(=O)O[C@H](C)C(=O)c3ccccc3)nc2n1. The average Bonchev–Trinajstić information content (AvgIpc) is 2.99. The van der Waals surface area contributed by atoms with Crippen LogP contribution in [0.3, 0.4) is 0 Å². The van der Waals surface area contributed by atoms with Gasteiger partial charge in [0.2, 0.25) is 5.78 Å². The highest BCUT2D eigenvalue weighted by atomic mass is 16.5.